The van der Waals surface area contributed by atoms with Gasteiger partial charge in [-0.3, -0.25) is 19.8 Å². The summed E-state index contributed by atoms with van der Waals surface area (Å²) in [5.41, 5.74) is 2.63. The molecule has 1 amide bonds. The second-order valence-electron chi connectivity index (χ2n) is 7.67. The van der Waals surface area contributed by atoms with Crippen molar-refractivity contribution in [1.29, 1.82) is 0 Å². The Morgan fingerprint density at radius 3 is 2.31 bits per heavy atom. The molecule has 0 bridgehead atoms. The van der Waals surface area contributed by atoms with Crippen LogP contribution in [0.25, 0.3) is 0 Å². The van der Waals surface area contributed by atoms with Crippen molar-refractivity contribution in [3.63, 3.8) is 0 Å². The lowest BCUT2D eigenvalue weighted by atomic mass is 10.1. The third-order valence-corrected chi connectivity index (χ3v) is 5.75. The lowest BCUT2D eigenvalue weighted by Gasteiger charge is -2.36. The number of carbonyl (C=O) groups is 1. The van der Waals surface area contributed by atoms with Crippen LogP contribution in [0.3, 0.4) is 0 Å². The Hall–Kier alpha value is -3.42. The molecule has 0 unspecified atom stereocenters. The van der Waals surface area contributed by atoms with Crippen LogP contribution in [0.15, 0.2) is 72.8 Å². The van der Waals surface area contributed by atoms with Crippen LogP contribution < -0.4 is 10.2 Å². The zero-order valence-electron chi connectivity index (χ0n) is 17.4. The Labute approximate surface area is 191 Å². The number of carbonyl (C=O) groups excluding carboxylic acids is 1. The minimum Gasteiger partial charge on any atom is -0.369 e. The first kappa shape index (κ1) is 21.8. The van der Waals surface area contributed by atoms with Crippen LogP contribution in [0.5, 0.6) is 0 Å². The molecule has 1 fully saturated rings. The van der Waals surface area contributed by atoms with E-state index in [0.29, 0.717) is 5.69 Å². The maximum absolute atomic E-state index is 12.5. The third kappa shape index (κ3) is 5.25. The van der Waals surface area contributed by atoms with Gasteiger partial charge in [-0.25, -0.2) is 0 Å². The molecule has 4 rings (SSSR count). The van der Waals surface area contributed by atoms with Crippen LogP contribution in [0.4, 0.5) is 17.1 Å². The van der Waals surface area contributed by atoms with Gasteiger partial charge in [0.15, 0.2) is 0 Å². The normalized spacial score (nSPS) is 14.2. The number of amides is 1. The Bertz CT molecular complexity index is 1100. The van der Waals surface area contributed by atoms with E-state index in [9.17, 15) is 14.9 Å². The predicted octanol–water partition coefficient (Wildman–Crippen LogP) is 4.82. The SMILES string of the molecule is O=C(Nc1ccc(N2CCN(Cc3ccccc3)CC2)cc1)c1ccc(Cl)cc1[N+](=O)[O-]. The summed E-state index contributed by atoms with van der Waals surface area (Å²) in [5, 5.41) is 14.2. The molecular weight excluding hydrogens is 428 g/mol. The van der Waals surface area contributed by atoms with Crippen molar-refractivity contribution >= 4 is 34.6 Å². The fourth-order valence-corrected chi connectivity index (χ4v) is 3.97. The lowest BCUT2D eigenvalue weighted by Crippen LogP contribution is -2.45. The summed E-state index contributed by atoms with van der Waals surface area (Å²) in [6.07, 6.45) is 0. The van der Waals surface area contributed by atoms with E-state index in [2.05, 4.69) is 39.4 Å². The fraction of sp³-hybridized carbons (Fsp3) is 0.208. The van der Waals surface area contributed by atoms with Crippen LogP contribution in [-0.4, -0.2) is 41.9 Å². The molecule has 0 saturated carbocycles. The van der Waals surface area contributed by atoms with Gasteiger partial charge in [-0.1, -0.05) is 41.9 Å². The van der Waals surface area contributed by atoms with Gasteiger partial charge in [0, 0.05) is 55.2 Å². The number of benzene rings is 3. The van der Waals surface area contributed by atoms with E-state index in [1.54, 1.807) is 0 Å². The van der Waals surface area contributed by atoms with E-state index < -0.39 is 10.8 Å². The Balaban J connectivity index is 1.35. The molecule has 8 heteroatoms. The lowest BCUT2D eigenvalue weighted by molar-refractivity contribution is -0.385. The fourth-order valence-electron chi connectivity index (χ4n) is 3.81. The van der Waals surface area contributed by atoms with Gasteiger partial charge in [-0.2, -0.15) is 0 Å². The first-order valence-electron chi connectivity index (χ1n) is 10.4. The number of nitro benzene ring substituents is 1. The van der Waals surface area contributed by atoms with Gasteiger partial charge in [-0.15, -0.1) is 0 Å². The molecule has 32 heavy (non-hydrogen) atoms. The molecule has 1 aliphatic heterocycles. The van der Waals surface area contributed by atoms with Crippen molar-refractivity contribution in [2.75, 3.05) is 36.4 Å². The van der Waals surface area contributed by atoms with E-state index in [0.717, 1.165) is 38.4 Å². The number of anilines is 2. The number of hydrogen-bond acceptors (Lipinski definition) is 5. The quantitative estimate of drug-likeness (QED) is 0.430. The van der Waals surface area contributed by atoms with Gasteiger partial charge < -0.3 is 10.2 Å². The van der Waals surface area contributed by atoms with E-state index in [1.165, 1.54) is 23.8 Å². The molecule has 1 N–H and O–H groups in total. The number of nitrogens with zero attached hydrogens (tertiary/aromatic N) is 3. The van der Waals surface area contributed by atoms with E-state index in [1.807, 2.05) is 30.3 Å². The Kier molecular flexibility index (Phi) is 6.68. The number of nitro groups is 1. The Morgan fingerprint density at radius 1 is 0.969 bits per heavy atom. The highest BCUT2D eigenvalue weighted by molar-refractivity contribution is 6.31. The number of nitrogens with one attached hydrogen (secondary N) is 1. The summed E-state index contributed by atoms with van der Waals surface area (Å²) in [6.45, 7) is 4.77. The van der Waals surface area contributed by atoms with Crippen LogP contribution in [-0.2, 0) is 6.54 Å². The molecule has 164 valence electrons. The second-order valence-corrected chi connectivity index (χ2v) is 8.10. The van der Waals surface area contributed by atoms with Gasteiger partial charge in [0.2, 0.25) is 0 Å². The summed E-state index contributed by atoms with van der Waals surface area (Å²) < 4.78 is 0. The maximum atomic E-state index is 12.5. The maximum Gasteiger partial charge on any atom is 0.283 e. The first-order valence-corrected chi connectivity index (χ1v) is 10.7. The first-order chi connectivity index (χ1) is 15.5. The van der Waals surface area contributed by atoms with Crippen molar-refractivity contribution in [3.05, 3.63) is 99.1 Å². The van der Waals surface area contributed by atoms with Crippen LogP contribution in [0.2, 0.25) is 5.02 Å². The summed E-state index contributed by atoms with van der Waals surface area (Å²) in [5.74, 6) is -0.546. The molecule has 0 aliphatic carbocycles. The summed E-state index contributed by atoms with van der Waals surface area (Å²) in [7, 11) is 0. The zero-order chi connectivity index (χ0) is 22.5. The minimum atomic E-state index is -0.610. The van der Waals surface area contributed by atoms with E-state index in [-0.39, 0.29) is 16.3 Å². The molecule has 1 aliphatic rings. The van der Waals surface area contributed by atoms with Gasteiger partial charge >= 0.3 is 0 Å². The average molecular weight is 451 g/mol. The highest BCUT2D eigenvalue weighted by Crippen LogP contribution is 2.25. The van der Waals surface area contributed by atoms with Crippen molar-refractivity contribution < 1.29 is 9.72 Å². The molecular formula is C24H23ClN4O3. The summed E-state index contributed by atoms with van der Waals surface area (Å²) in [4.78, 5) is 27.9. The van der Waals surface area contributed by atoms with Crippen molar-refractivity contribution in [2.24, 2.45) is 0 Å². The highest BCUT2D eigenvalue weighted by Gasteiger charge is 2.21. The third-order valence-electron chi connectivity index (χ3n) is 5.51. The standard InChI is InChI=1S/C24H23ClN4O3/c25-19-6-11-22(23(16-19)29(31)32)24(30)26-20-7-9-21(10-8-20)28-14-12-27(13-15-28)17-18-4-2-1-3-5-18/h1-11,16H,12-15,17H2,(H,26,30). The molecule has 0 radical (unpaired) electrons. The molecule has 3 aromatic carbocycles. The molecule has 0 aromatic heterocycles. The predicted molar refractivity (Wildman–Crippen MR) is 126 cm³/mol. The average Bonchev–Trinajstić information content (AvgIpc) is 2.80. The molecule has 1 saturated heterocycles. The summed E-state index contributed by atoms with van der Waals surface area (Å²) >= 11 is 5.82. The van der Waals surface area contributed by atoms with E-state index >= 15 is 0 Å². The van der Waals surface area contributed by atoms with Gasteiger partial charge in [0.1, 0.15) is 5.56 Å². The Morgan fingerprint density at radius 2 is 1.66 bits per heavy atom. The topological polar surface area (TPSA) is 78.7 Å². The number of halogens is 1. The molecule has 1 heterocycles. The van der Waals surface area contributed by atoms with Gasteiger partial charge in [0.05, 0.1) is 4.92 Å². The largest absolute Gasteiger partial charge is 0.369 e. The smallest absolute Gasteiger partial charge is 0.283 e. The highest BCUT2D eigenvalue weighted by atomic mass is 35.5. The monoisotopic (exact) mass is 450 g/mol. The molecule has 3 aromatic rings. The van der Waals surface area contributed by atoms with Gasteiger partial charge in [-0.05, 0) is 42.0 Å². The van der Waals surface area contributed by atoms with Gasteiger partial charge in [0.25, 0.3) is 11.6 Å². The zero-order valence-corrected chi connectivity index (χ0v) is 18.2. The summed E-state index contributed by atoms with van der Waals surface area (Å²) in [6, 6.07) is 22.0. The number of rotatable bonds is 6. The van der Waals surface area contributed by atoms with E-state index in [4.69, 9.17) is 11.6 Å². The van der Waals surface area contributed by atoms with Crippen molar-refractivity contribution in [1.82, 2.24) is 4.90 Å². The van der Waals surface area contributed by atoms with Crippen molar-refractivity contribution in [3.8, 4) is 0 Å². The minimum absolute atomic E-state index is 0.0296. The number of piperazine rings is 1. The number of hydrogen-bond donors (Lipinski definition) is 1. The molecule has 0 spiro atoms. The molecule has 0 atom stereocenters. The second kappa shape index (κ2) is 9.80. The van der Waals surface area contributed by atoms with Crippen LogP contribution >= 0.6 is 11.6 Å². The van der Waals surface area contributed by atoms with Crippen LogP contribution in [0, 0.1) is 10.1 Å². The van der Waals surface area contributed by atoms with Crippen molar-refractivity contribution in [2.45, 2.75) is 6.54 Å². The molecule has 7 nitrogen and oxygen atoms in total. The van der Waals surface area contributed by atoms with Crippen LogP contribution in [0.1, 0.15) is 15.9 Å².